The zero-order valence-corrected chi connectivity index (χ0v) is 6.17. The van der Waals surface area contributed by atoms with Crippen LogP contribution in [0.2, 0.25) is 0 Å². The lowest BCUT2D eigenvalue weighted by Crippen LogP contribution is -2.08. The third-order valence-electron chi connectivity index (χ3n) is 1.34. The summed E-state index contributed by atoms with van der Waals surface area (Å²) in [6.07, 6.45) is 2.15. The number of hydrogen-bond donors (Lipinski definition) is 1. The van der Waals surface area contributed by atoms with Crippen molar-refractivity contribution >= 4 is 0 Å². The van der Waals surface area contributed by atoms with E-state index in [0.29, 0.717) is 0 Å². The molecule has 0 unspecified atom stereocenters. The Balaban J connectivity index is 2.43. The van der Waals surface area contributed by atoms with E-state index in [2.05, 4.69) is 23.9 Å². The van der Waals surface area contributed by atoms with Gasteiger partial charge in [-0.25, -0.2) is 0 Å². The summed E-state index contributed by atoms with van der Waals surface area (Å²) in [7, 11) is 1.94. The topological polar surface area (TPSA) is 12.0 Å². The van der Waals surface area contributed by atoms with Crippen LogP contribution in [0.5, 0.6) is 0 Å². The monoisotopic (exact) mass is 134 g/mol. The molecule has 1 rings (SSSR count). The highest BCUT2D eigenvalue weighted by molar-refractivity contribution is 5.22. The first-order valence-electron chi connectivity index (χ1n) is 3.46. The van der Waals surface area contributed by atoms with Crippen molar-refractivity contribution in [2.75, 3.05) is 13.6 Å². The third-order valence-corrected chi connectivity index (χ3v) is 1.34. The molecule has 1 radical (unpaired) electrons. The van der Waals surface area contributed by atoms with Gasteiger partial charge in [-0.1, -0.05) is 30.3 Å². The molecule has 0 amide bonds. The molecule has 0 atom stereocenters. The van der Waals surface area contributed by atoms with Crippen LogP contribution in [0.25, 0.3) is 0 Å². The standard InChI is InChI=1S/C9H12N/c1-10-8-7-9-5-3-2-4-6-9/h2-7,10H,8H2,1H3. The fourth-order valence-corrected chi connectivity index (χ4v) is 0.809. The Kier molecular flexibility index (Phi) is 2.97. The molecule has 53 valence electrons. The Morgan fingerprint density at radius 1 is 1.30 bits per heavy atom. The van der Waals surface area contributed by atoms with Gasteiger partial charge in [-0.2, -0.15) is 0 Å². The lowest BCUT2D eigenvalue weighted by Gasteiger charge is -1.97. The van der Waals surface area contributed by atoms with Crippen LogP contribution in [0.15, 0.2) is 30.3 Å². The largest absolute Gasteiger partial charge is 0.319 e. The average molecular weight is 134 g/mol. The SMILES string of the molecule is CNC[CH]c1ccccc1. The minimum Gasteiger partial charge on any atom is -0.319 e. The molecule has 0 spiro atoms. The molecule has 1 N–H and O–H groups in total. The first-order chi connectivity index (χ1) is 4.93. The molecule has 0 aliphatic rings. The van der Waals surface area contributed by atoms with Crippen LogP contribution in [-0.2, 0) is 0 Å². The van der Waals surface area contributed by atoms with Crippen molar-refractivity contribution in [1.29, 1.82) is 0 Å². The van der Waals surface area contributed by atoms with Gasteiger partial charge in [0.1, 0.15) is 0 Å². The second kappa shape index (κ2) is 4.07. The van der Waals surface area contributed by atoms with Crippen LogP contribution >= 0.6 is 0 Å². The van der Waals surface area contributed by atoms with Gasteiger partial charge in [0.05, 0.1) is 0 Å². The number of benzene rings is 1. The molecule has 10 heavy (non-hydrogen) atoms. The van der Waals surface area contributed by atoms with Crippen LogP contribution in [0.1, 0.15) is 5.56 Å². The second-order valence-electron chi connectivity index (χ2n) is 2.17. The Hall–Kier alpha value is -0.820. The normalized spacial score (nSPS) is 9.70. The highest BCUT2D eigenvalue weighted by Crippen LogP contribution is 1.99. The highest BCUT2D eigenvalue weighted by Gasteiger charge is 1.87. The maximum Gasteiger partial charge on any atom is 0.00442 e. The third kappa shape index (κ3) is 2.19. The minimum absolute atomic E-state index is 0.935. The van der Waals surface area contributed by atoms with Crippen LogP contribution in [-0.4, -0.2) is 13.6 Å². The number of nitrogens with one attached hydrogen (secondary N) is 1. The molecule has 0 aromatic heterocycles. The number of hydrogen-bond acceptors (Lipinski definition) is 1. The summed E-state index contributed by atoms with van der Waals surface area (Å²) in [5.41, 5.74) is 1.27. The second-order valence-corrected chi connectivity index (χ2v) is 2.17. The van der Waals surface area contributed by atoms with E-state index in [1.165, 1.54) is 5.56 Å². The smallest absolute Gasteiger partial charge is 0.00442 e. The molecule has 1 aromatic carbocycles. The van der Waals surface area contributed by atoms with E-state index in [1.54, 1.807) is 0 Å². The summed E-state index contributed by atoms with van der Waals surface area (Å²) in [6.45, 7) is 0.935. The van der Waals surface area contributed by atoms with Gasteiger partial charge in [0.25, 0.3) is 0 Å². The molecular formula is C9H12N. The van der Waals surface area contributed by atoms with E-state index in [0.717, 1.165) is 6.54 Å². The van der Waals surface area contributed by atoms with Gasteiger partial charge in [-0.3, -0.25) is 0 Å². The zero-order chi connectivity index (χ0) is 7.23. The Morgan fingerprint density at radius 3 is 2.60 bits per heavy atom. The molecular weight excluding hydrogens is 122 g/mol. The summed E-state index contributed by atoms with van der Waals surface area (Å²) in [5.74, 6) is 0. The van der Waals surface area contributed by atoms with E-state index in [-0.39, 0.29) is 0 Å². The van der Waals surface area contributed by atoms with Crippen molar-refractivity contribution in [3.8, 4) is 0 Å². The van der Waals surface area contributed by atoms with Gasteiger partial charge in [0, 0.05) is 13.0 Å². The van der Waals surface area contributed by atoms with Crippen LogP contribution in [0, 0.1) is 6.42 Å². The predicted octanol–water partition coefficient (Wildman–Crippen LogP) is 1.46. The highest BCUT2D eigenvalue weighted by atomic mass is 14.8. The predicted molar refractivity (Wildman–Crippen MR) is 43.8 cm³/mol. The van der Waals surface area contributed by atoms with E-state index in [4.69, 9.17) is 0 Å². The lowest BCUT2D eigenvalue weighted by atomic mass is 10.2. The first kappa shape index (κ1) is 7.29. The lowest BCUT2D eigenvalue weighted by molar-refractivity contribution is 0.886. The van der Waals surface area contributed by atoms with Gasteiger partial charge in [-0.05, 0) is 12.6 Å². The molecule has 0 saturated carbocycles. The molecule has 0 bridgehead atoms. The molecule has 0 saturated heterocycles. The van der Waals surface area contributed by atoms with Crippen molar-refractivity contribution < 1.29 is 0 Å². The summed E-state index contributed by atoms with van der Waals surface area (Å²) in [5, 5.41) is 3.06. The number of likely N-dealkylation sites (N-methyl/N-ethyl adjacent to an activating group) is 1. The molecule has 0 aliphatic heterocycles. The Labute approximate surface area is 62.1 Å². The van der Waals surface area contributed by atoms with E-state index in [1.807, 2.05) is 25.2 Å². The van der Waals surface area contributed by atoms with E-state index < -0.39 is 0 Å². The zero-order valence-electron chi connectivity index (χ0n) is 6.17. The quantitative estimate of drug-likeness (QED) is 0.660. The molecule has 0 fully saturated rings. The maximum absolute atomic E-state index is 3.06. The molecule has 1 nitrogen and oxygen atoms in total. The van der Waals surface area contributed by atoms with Crippen LogP contribution < -0.4 is 5.32 Å². The van der Waals surface area contributed by atoms with Crippen molar-refractivity contribution in [3.05, 3.63) is 42.3 Å². The van der Waals surface area contributed by atoms with E-state index in [9.17, 15) is 0 Å². The van der Waals surface area contributed by atoms with E-state index >= 15 is 0 Å². The van der Waals surface area contributed by atoms with Gasteiger partial charge < -0.3 is 5.32 Å². The summed E-state index contributed by atoms with van der Waals surface area (Å²) < 4.78 is 0. The fourth-order valence-electron chi connectivity index (χ4n) is 0.809. The van der Waals surface area contributed by atoms with Crippen LogP contribution in [0.3, 0.4) is 0 Å². The Bertz CT molecular complexity index is 169. The van der Waals surface area contributed by atoms with Crippen molar-refractivity contribution in [1.82, 2.24) is 5.32 Å². The summed E-state index contributed by atoms with van der Waals surface area (Å²) in [4.78, 5) is 0. The van der Waals surface area contributed by atoms with Gasteiger partial charge in [0.15, 0.2) is 0 Å². The molecule has 0 heterocycles. The van der Waals surface area contributed by atoms with Crippen LogP contribution in [0.4, 0.5) is 0 Å². The Morgan fingerprint density at radius 2 is 2.00 bits per heavy atom. The number of rotatable bonds is 3. The molecule has 1 aromatic rings. The summed E-state index contributed by atoms with van der Waals surface area (Å²) >= 11 is 0. The van der Waals surface area contributed by atoms with Gasteiger partial charge in [-0.15, -0.1) is 0 Å². The molecule has 1 heteroatoms. The summed E-state index contributed by atoms with van der Waals surface area (Å²) in [6, 6.07) is 10.3. The van der Waals surface area contributed by atoms with Crippen molar-refractivity contribution in [2.45, 2.75) is 0 Å². The first-order valence-corrected chi connectivity index (χ1v) is 3.46. The average Bonchev–Trinajstić information content (AvgIpc) is 2.03. The maximum atomic E-state index is 3.06. The molecule has 0 aliphatic carbocycles. The van der Waals surface area contributed by atoms with Crippen molar-refractivity contribution in [2.24, 2.45) is 0 Å². The van der Waals surface area contributed by atoms with Gasteiger partial charge in [0.2, 0.25) is 0 Å². The fraction of sp³-hybridized carbons (Fsp3) is 0.222. The van der Waals surface area contributed by atoms with Crippen molar-refractivity contribution in [3.63, 3.8) is 0 Å². The van der Waals surface area contributed by atoms with Gasteiger partial charge >= 0.3 is 0 Å². The minimum atomic E-state index is 0.935.